The van der Waals surface area contributed by atoms with Crippen LogP contribution in [0.1, 0.15) is 65.2 Å². The Bertz CT molecular complexity index is 321. The van der Waals surface area contributed by atoms with Crippen molar-refractivity contribution in [3.8, 4) is 0 Å². The van der Waals surface area contributed by atoms with Gasteiger partial charge in [0, 0.05) is 11.8 Å². The van der Waals surface area contributed by atoms with Crippen LogP contribution >= 0.6 is 0 Å². The topological polar surface area (TPSA) is 46.2 Å². The number of sulfone groups is 1. The third-order valence-electron chi connectivity index (χ3n) is 4.29. The molecule has 1 fully saturated rings. The summed E-state index contributed by atoms with van der Waals surface area (Å²) in [6, 6.07) is 0.535. The van der Waals surface area contributed by atoms with E-state index in [1.54, 1.807) is 6.92 Å². The lowest BCUT2D eigenvalue weighted by Crippen LogP contribution is -2.38. The second kappa shape index (κ2) is 8.96. The predicted molar refractivity (Wildman–Crippen MR) is 82.2 cm³/mol. The van der Waals surface area contributed by atoms with Crippen molar-refractivity contribution in [3.63, 3.8) is 0 Å². The Morgan fingerprint density at radius 1 is 1.16 bits per heavy atom. The fourth-order valence-corrected chi connectivity index (χ4v) is 3.93. The third kappa shape index (κ3) is 6.75. The number of hydrogen-bond donors (Lipinski definition) is 1. The highest BCUT2D eigenvalue weighted by molar-refractivity contribution is 7.91. The van der Waals surface area contributed by atoms with E-state index in [9.17, 15) is 8.42 Å². The summed E-state index contributed by atoms with van der Waals surface area (Å²) in [7, 11) is -2.79. The molecule has 3 nitrogen and oxygen atoms in total. The quantitative estimate of drug-likeness (QED) is 0.709. The van der Waals surface area contributed by atoms with Gasteiger partial charge in [-0.2, -0.15) is 0 Å². The van der Waals surface area contributed by atoms with Gasteiger partial charge in [-0.25, -0.2) is 8.42 Å². The van der Waals surface area contributed by atoms with E-state index in [-0.39, 0.29) is 5.75 Å². The normalized spacial score (nSPS) is 19.5. The van der Waals surface area contributed by atoms with Crippen molar-refractivity contribution < 1.29 is 8.42 Å². The maximum atomic E-state index is 11.6. The maximum Gasteiger partial charge on any atom is 0.150 e. The Labute approximate surface area is 119 Å². The SMILES string of the molecule is CCCNC(CCCS(=O)(=O)CC)C1CCCCC1. The Morgan fingerprint density at radius 3 is 2.42 bits per heavy atom. The minimum atomic E-state index is -2.79. The lowest BCUT2D eigenvalue weighted by Gasteiger charge is -2.31. The second-order valence-electron chi connectivity index (χ2n) is 5.84. The first-order valence-corrected chi connectivity index (χ1v) is 9.85. The Morgan fingerprint density at radius 2 is 1.84 bits per heavy atom. The molecule has 0 bridgehead atoms. The van der Waals surface area contributed by atoms with Crippen molar-refractivity contribution in [1.29, 1.82) is 0 Å². The smallest absolute Gasteiger partial charge is 0.150 e. The number of hydrogen-bond acceptors (Lipinski definition) is 3. The summed E-state index contributed by atoms with van der Waals surface area (Å²) in [4.78, 5) is 0. The van der Waals surface area contributed by atoms with E-state index in [2.05, 4.69) is 12.2 Å². The fourth-order valence-electron chi connectivity index (χ4n) is 3.04. The van der Waals surface area contributed by atoms with E-state index < -0.39 is 9.84 Å². The van der Waals surface area contributed by atoms with E-state index >= 15 is 0 Å². The average Bonchev–Trinajstić information content (AvgIpc) is 2.43. The van der Waals surface area contributed by atoms with Crippen LogP contribution in [0, 0.1) is 5.92 Å². The van der Waals surface area contributed by atoms with Gasteiger partial charge in [0.2, 0.25) is 0 Å². The molecule has 19 heavy (non-hydrogen) atoms. The molecular weight excluding hydrogens is 258 g/mol. The monoisotopic (exact) mass is 289 g/mol. The van der Waals surface area contributed by atoms with Crippen LogP contribution in [0.15, 0.2) is 0 Å². The highest BCUT2D eigenvalue weighted by Crippen LogP contribution is 2.28. The molecule has 1 saturated carbocycles. The van der Waals surface area contributed by atoms with Gasteiger partial charge in [-0.15, -0.1) is 0 Å². The summed E-state index contributed by atoms with van der Waals surface area (Å²) < 4.78 is 23.1. The van der Waals surface area contributed by atoms with Crippen LogP contribution < -0.4 is 5.32 Å². The summed E-state index contributed by atoms with van der Waals surface area (Å²) in [5.74, 6) is 1.41. The first-order chi connectivity index (χ1) is 9.09. The number of nitrogens with one attached hydrogen (secondary N) is 1. The van der Waals surface area contributed by atoms with Crippen LogP contribution in [-0.4, -0.2) is 32.5 Å². The van der Waals surface area contributed by atoms with Gasteiger partial charge in [-0.1, -0.05) is 33.1 Å². The van der Waals surface area contributed by atoms with Gasteiger partial charge in [0.05, 0.1) is 5.75 Å². The molecule has 1 rings (SSSR count). The van der Waals surface area contributed by atoms with Gasteiger partial charge in [-0.05, 0) is 44.6 Å². The van der Waals surface area contributed by atoms with Crippen LogP contribution in [0.5, 0.6) is 0 Å². The lowest BCUT2D eigenvalue weighted by molar-refractivity contribution is 0.257. The minimum absolute atomic E-state index is 0.281. The van der Waals surface area contributed by atoms with Crippen molar-refractivity contribution >= 4 is 9.84 Å². The molecule has 1 unspecified atom stereocenters. The molecule has 0 aliphatic heterocycles. The second-order valence-corrected chi connectivity index (χ2v) is 8.31. The molecule has 0 aromatic heterocycles. The molecule has 0 heterocycles. The van der Waals surface area contributed by atoms with Crippen molar-refractivity contribution in [2.24, 2.45) is 5.92 Å². The van der Waals surface area contributed by atoms with Gasteiger partial charge < -0.3 is 5.32 Å². The molecular formula is C15H31NO2S. The summed E-state index contributed by atoms with van der Waals surface area (Å²) >= 11 is 0. The zero-order valence-electron chi connectivity index (χ0n) is 12.7. The van der Waals surface area contributed by atoms with E-state index in [0.717, 1.165) is 31.7 Å². The molecule has 0 radical (unpaired) electrons. The van der Waals surface area contributed by atoms with Gasteiger partial charge >= 0.3 is 0 Å². The Kier molecular flexibility index (Phi) is 8.00. The molecule has 0 amide bonds. The molecule has 1 N–H and O–H groups in total. The summed E-state index contributed by atoms with van der Waals surface area (Å²) in [6.07, 6.45) is 9.70. The van der Waals surface area contributed by atoms with E-state index in [1.165, 1.54) is 32.1 Å². The highest BCUT2D eigenvalue weighted by Gasteiger charge is 2.23. The first-order valence-electron chi connectivity index (χ1n) is 8.03. The van der Waals surface area contributed by atoms with Crippen molar-refractivity contribution in [2.75, 3.05) is 18.1 Å². The molecule has 1 aliphatic carbocycles. The van der Waals surface area contributed by atoms with Crippen molar-refractivity contribution in [2.45, 2.75) is 71.3 Å². The van der Waals surface area contributed by atoms with Gasteiger partial charge in [0.1, 0.15) is 9.84 Å². The Hall–Kier alpha value is -0.0900. The molecule has 4 heteroatoms. The standard InChI is InChI=1S/C15H31NO2S/c1-3-12-16-15(14-9-6-5-7-10-14)11-8-13-19(17,18)4-2/h14-16H,3-13H2,1-2H3. The lowest BCUT2D eigenvalue weighted by atomic mass is 9.82. The van der Waals surface area contributed by atoms with Crippen LogP contribution in [0.25, 0.3) is 0 Å². The van der Waals surface area contributed by atoms with E-state index in [0.29, 0.717) is 11.8 Å². The Balaban J connectivity index is 2.40. The van der Waals surface area contributed by atoms with Crippen molar-refractivity contribution in [1.82, 2.24) is 5.32 Å². The van der Waals surface area contributed by atoms with Crippen LogP contribution in [0.3, 0.4) is 0 Å². The zero-order chi connectivity index (χ0) is 14.1. The molecule has 114 valence electrons. The van der Waals surface area contributed by atoms with Crippen LogP contribution in [0.2, 0.25) is 0 Å². The van der Waals surface area contributed by atoms with Crippen LogP contribution in [-0.2, 0) is 9.84 Å². The van der Waals surface area contributed by atoms with Crippen LogP contribution in [0.4, 0.5) is 0 Å². The molecule has 0 aromatic rings. The first kappa shape index (κ1) is 17.0. The zero-order valence-corrected chi connectivity index (χ0v) is 13.5. The van der Waals surface area contributed by atoms with E-state index in [1.807, 2.05) is 0 Å². The molecule has 0 saturated heterocycles. The number of rotatable bonds is 9. The predicted octanol–water partition coefficient (Wildman–Crippen LogP) is 3.15. The molecule has 0 spiro atoms. The van der Waals surface area contributed by atoms with Gasteiger partial charge in [-0.3, -0.25) is 0 Å². The summed E-state index contributed by atoms with van der Waals surface area (Å²) in [5, 5.41) is 3.65. The molecule has 1 atom stereocenters. The largest absolute Gasteiger partial charge is 0.314 e. The fraction of sp³-hybridized carbons (Fsp3) is 1.00. The molecule has 1 aliphatic rings. The maximum absolute atomic E-state index is 11.6. The average molecular weight is 289 g/mol. The summed E-state index contributed by atoms with van der Waals surface area (Å²) in [6.45, 7) is 4.98. The third-order valence-corrected chi connectivity index (χ3v) is 6.08. The molecule has 0 aromatic carbocycles. The van der Waals surface area contributed by atoms with E-state index in [4.69, 9.17) is 0 Å². The van der Waals surface area contributed by atoms with Gasteiger partial charge in [0.15, 0.2) is 0 Å². The minimum Gasteiger partial charge on any atom is -0.314 e. The highest BCUT2D eigenvalue weighted by atomic mass is 32.2. The summed E-state index contributed by atoms with van der Waals surface area (Å²) in [5.41, 5.74) is 0. The van der Waals surface area contributed by atoms with Crippen molar-refractivity contribution in [3.05, 3.63) is 0 Å². The van der Waals surface area contributed by atoms with Gasteiger partial charge in [0.25, 0.3) is 0 Å².